The van der Waals surface area contributed by atoms with Crippen LogP contribution in [0.1, 0.15) is 64.0 Å². The third-order valence-corrected chi connectivity index (χ3v) is 4.24. The van der Waals surface area contributed by atoms with Crippen LogP contribution in [-0.4, -0.2) is 17.9 Å². The maximum Gasteiger partial charge on any atom is 0.374 e. The van der Waals surface area contributed by atoms with Crippen LogP contribution in [0.4, 0.5) is 4.39 Å². The van der Waals surface area contributed by atoms with Crippen molar-refractivity contribution in [2.45, 2.75) is 45.6 Å². The van der Waals surface area contributed by atoms with Gasteiger partial charge in [-0.05, 0) is 32.4 Å². The van der Waals surface area contributed by atoms with Gasteiger partial charge in [-0.1, -0.05) is 18.2 Å². The van der Waals surface area contributed by atoms with Crippen molar-refractivity contribution in [3.8, 4) is 0 Å². The van der Waals surface area contributed by atoms with Gasteiger partial charge in [-0.2, -0.15) is 0 Å². The van der Waals surface area contributed by atoms with E-state index in [1.54, 1.807) is 39.0 Å². The van der Waals surface area contributed by atoms with Gasteiger partial charge in [0.05, 0.1) is 11.7 Å². The Morgan fingerprint density at radius 1 is 1.29 bits per heavy atom. The van der Waals surface area contributed by atoms with Crippen molar-refractivity contribution in [1.29, 1.82) is 0 Å². The molecule has 126 valence electrons. The molecule has 0 radical (unpaired) electrons. The van der Waals surface area contributed by atoms with Crippen molar-refractivity contribution in [3.05, 3.63) is 58.3 Å². The van der Waals surface area contributed by atoms with Crippen molar-refractivity contribution in [3.63, 3.8) is 0 Å². The first-order chi connectivity index (χ1) is 11.4. The lowest BCUT2D eigenvalue weighted by Crippen LogP contribution is -2.19. The number of ketones is 1. The Hall–Kier alpha value is -2.43. The molecule has 1 aromatic carbocycles. The highest BCUT2D eigenvalue weighted by Crippen LogP contribution is 2.37. The number of ether oxygens (including phenoxy) is 1. The molecule has 0 saturated heterocycles. The number of hydrogen-bond acceptors (Lipinski definition) is 4. The van der Waals surface area contributed by atoms with Gasteiger partial charge >= 0.3 is 5.97 Å². The summed E-state index contributed by atoms with van der Waals surface area (Å²) < 4.78 is 24.8. The maximum atomic E-state index is 14.0. The average molecular weight is 330 g/mol. The second-order valence-corrected chi connectivity index (χ2v) is 6.36. The van der Waals surface area contributed by atoms with Gasteiger partial charge in [0.1, 0.15) is 11.6 Å². The number of fused-ring (bicyclic) bond motifs is 1. The number of halogens is 1. The summed E-state index contributed by atoms with van der Waals surface area (Å²) in [7, 11) is 0. The molecule has 0 bridgehead atoms. The fraction of sp³-hybridized carbons (Fsp3) is 0.368. The number of benzene rings is 1. The van der Waals surface area contributed by atoms with Crippen LogP contribution in [-0.2, 0) is 11.2 Å². The molecule has 1 aliphatic carbocycles. The topological polar surface area (TPSA) is 56.5 Å². The van der Waals surface area contributed by atoms with Gasteiger partial charge in [-0.15, -0.1) is 0 Å². The second kappa shape index (κ2) is 6.23. The summed E-state index contributed by atoms with van der Waals surface area (Å²) >= 11 is 0. The number of carbonyl (C=O) groups excluding carboxylic acids is 2. The first kappa shape index (κ1) is 16.4. The highest BCUT2D eigenvalue weighted by molar-refractivity contribution is 6.03. The minimum Gasteiger partial charge on any atom is -0.457 e. The van der Waals surface area contributed by atoms with Crippen LogP contribution in [0.25, 0.3) is 0 Å². The first-order valence-corrected chi connectivity index (χ1v) is 7.99. The Labute approximate surface area is 139 Å². The van der Waals surface area contributed by atoms with E-state index < -0.39 is 5.97 Å². The average Bonchev–Trinajstić information content (AvgIpc) is 2.84. The maximum absolute atomic E-state index is 14.0. The van der Waals surface area contributed by atoms with E-state index in [0.717, 1.165) is 0 Å². The summed E-state index contributed by atoms with van der Waals surface area (Å²) in [5, 5.41) is 0. The van der Waals surface area contributed by atoms with Gasteiger partial charge in [-0.25, -0.2) is 9.18 Å². The van der Waals surface area contributed by atoms with Gasteiger partial charge in [0.25, 0.3) is 0 Å². The van der Waals surface area contributed by atoms with E-state index in [0.29, 0.717) is 28.9 Å². The minimum absolute atomic E-state index is 0.0660. The third-order valence-electron chi connectivity index (χ3n) is 4.24. The Kier molecular flexibility index (Phi) is 4.26. The summed E-state index contributed by atoms with van der Waals surface area (Å²) in [5.41, 5.74) is 1.45. The Balaban J connectivity index is 1.96. The van der Waals surface area contributed by atoms with Crippen molar-refractivity contribution in [2.24, 2.45) is 0 Å². The molecule has 4 nitrogen and oxygen atoms in total. The summed E-state index contributed by atoms with van der Waals surface area (Å²) in [4.78, 5) is 24.6. The number of esters is 1. The number of hydrogen-bond donors (Lipinski definition) is 0. The number of Topliss-reactive ketones (excluding diaryl/α,β-unsaturated/α-hetero) is 1. The summed E-state index contributed by atoms with van der Waals surface area (Å²) in [6.07, 6.45) is 0.311. The molecule has 0 amide bonds. The van der Waals surface area contributed by atoms with Crippen molar-refractivity contribution in [1.82, 2.24) is 0 Å². The monoisotopic (exact) mass is 330 g/mol. The molecule has 1 heterocycles. The minimum atomic E-state index is -0.577. The zero-order valence-corrected chi connectivity index (χ0v) is 13.9. The summed E-state index contributed by atoms with van der Waals surface area (Å²) in [5.74, 6) is -0.822. The standard InChI is InChI=1S/C19H19FO4/c1-10(2)23-19(22)18-11(3)17-15(21)8-12(9-16(17)24-18)13-6-4-5-7-14(13)20/h4-7,10,12H,8-9H2,1-3H3/t12-/m1/s1. The lowest BCUT2D eigenvalue weighted by Gasteiger charge is -2.21. The Morgan fingerprint density at radius 3 is 2.67 bits per heavy atom. The summed E-state index contributed by atoms with van der Waals surface area (Å²) in [6.45, 7) is 5.17. The lowest BCUT2D eigenvalue weighted by atomic mass is 9.81. The van der Waals surface area contributed by atoms with E-state index in [1.165, 1.54) is 6.07 Å². The van der Waals surface area contributed by atoms with Gasteiger partial charge in [-0.3, -0.25) is 4.79 Å². The normalized spacial score (nSPS) is 17.0. The predicted molar refractivity (Wildman–Crippen MR) is 85.8 cm³/mol. The van der Waals surface area contributed by atoms with E-state index in [9.17, 15) is 14.0 Å². The highest BCUT2D eigenvalue weighted by Gasteiger charge is 2.35. The smallest absolute Gasteiger partial charge is 0.374 e. The number of furan rings is 1. The van der Waals surface area contributed by atoms with E-state index in [1.807, 2.05) is 0 Å². The zero-order valence-electron chi connectivity index (χ0n) is 13.9. The van der Waals surface area contributed by atoms with Crippen molar-refractivity contribution >= 4 is 11.8 Å². The predicted octanol–water partition coefficient (Wildman–Crippen LogP) is 4.21. The molecular weight excluding hydrogens is 311 g/mol. The second-order valence-electron chi connectivity index (χ2n) is 6.36. The van der Waals surface area contributed by atoms with Crippen molar-refractivity contribution < 1.29 is 23.1 Å². The molecule has 24 heavy (non-hydrogen) atoms. The van der Waals surface area contributed by atoms with Crippen LogP contribution in [0, 0.1) is 12.7 Å². The Morgan fingerprint density at radius 2 is 2.00 bits per heavy atom. The molecule has 5 heteroatoms. The van der Waals surface area contributed by atoms with Crippen LogP contribution in [0.15, 0.2) is 28.7 Å². The van der Waals surface area contributed by atoms with Crippen LogP contribution in [0.2, 0.25) is 0 Å². The van der Waals surface area contributed by atoms with E-state index in [-0.39, 0.29) is 35.8 Å². The van der Waals surface area contributed by atoms with Gasteiger partial charge < -0.3 is 9.15 Å². The molecule has 3 rings (SSSR count). The zero-order chi connectivity index (χ0) is 17.4. The number of rotatable bonds is 3. The molecule has 2 aromatic rings. The van der Waals surface area contributed by atoms with Gasteiger partial charge in [0.15, 0.2) is 5.78 Å². The molecular formula is C19H19FO4. The largest absolute Gasteiger partial charge is 0.457 e. The van der Waals surface area contributed by atoms with E-state index in [4.69, 9.17) is 9.15 Å². The summed E-state index contributed by atoms with van der Waals surface area (Å²) in [6, 6.07) is 6.43. The highest BCUT2D eigenvalue weighted by atomic mass is 19.1. The molecule has 0 N–H and O–H groups in total. The SMILES string of the molecule is Cc1c(C(=O)OC(C)C)oc2c1C(=O)C[C@@H](c1ccccc1F)C2. The fourth-order valence-corrected chi connectivity index (χ4v) is 3.19. The third kappa shape index (κ3) is 2.86. The van der Waals surface area contributed by atoms with Crippen LogP contribution < -0.4 is 0 Å². The van der Waals surface area contributed by atoms with Gasteiger partial charge in [0.2, 0.25) is 5.76 Å². The van der Waals surface area contributed by atoms with Gasteiger partial charge in [0, 0.05) is 24.3 Å². The van der Waals surface area contributed by atoms with Crippen LogP contribution in [0.3, 0.4) is 0 Å². The number of carbonyl (C=O) groups is 2. The Bertz CT molecular complexity index is 804. The molecule has 1 atom stereocenters. The molecule has 0 spiro atoms. The quantitative estimate of drug-likeness (QED) is 0.791. The molecule has 1 aromatic heterocycles. The molecule has 0 unspecified atom stereocenters. The molecule has 1 aliphatic rings. The van der Waals surface area contributed by atoms with E-state index in [2.05, 4.69) is 0 Å². The first-order valence-electron chi connectivity index (χ1n) is 7.99. The van der Waals surface area contributed by atoms with E-state index >= 15 is 0 Å². The van der Waals surface area contributed by atoms with Crippen LogP contribution in [0.5, 0.6) is 0 Å². The molecule has 0 saturated carbocycles. The molecule has 0 fully saturated rings. The van der Waals surface area contributed by atoms with Crippen LogP contribution >= 0.6 is 0 Å². The molecule has 0 aliphatic heterocycles. The van der Waals surface area contributed by atoms with Crippen molar-refractivity contribution in [2.75, 3.05) is 0 Å². The lowest BCUT2D eigenvalue weighted by molar-refractivity contribution is 0.0338. The fourth-order valence-electron chi connectivity index (χ4n) is 3.19.